The van der Waals surface area contributed by atoms with Gasteiger partial charge in [0.25, 0.3) is 5.69 Å². The van der Waals surface area contributed by atoms with Crippen molar-refractivity contribution in [1.29, 1.82) is 0 Å². The second-order valence-corrected chi connectivity index (χ2v) is 7.45. The molecule has 0 saturated heterocycles. The first kappa shape index (κ1) is 23.0. The molecule has 0 aromatic heterocycles. The summed E-state index contributed by atoms with van der Waals surface area (Å²) in [6, 6.07) is 7.91. The topological polar surface area (TPSA) is 149 Å². The fraction of sp³-hybridized carbons (Fsp3) is 0.263. The number of nitrogens with one attached hydrogen (secondary N) is 1. The quantitative estimate of drug-likeness (QED) is 0.207. The SMILES string of the molecule is COc1cc([N+](=O)[O-])ccc1NC(=O)CS/C(=N/N)N(N)c1c(C)cc(C)cc1C. The number of aryl methyl sites for hydroxylation is 3. The van der Waals surface area contributed by atoms with Crippen molar-refractivity contribution < 1.29 is 14.5 Å². The van der Waals surface area contributed by atoms with E-state index in [1.165, 1.54) is 30.3 Å². The van der Waals surface area contributed by atoms with Crippen LogP contribution in [-0.2, 0) is 4.79 Å². The Morgan fingerprint density at radius 3 is 2.43 bits per heavy atom. The predicted molar refractivity (Wildman–Crippen MR) is 120 cm³/mol. The van der Waals surface area contributed by atoms with Crippen molar-refractivity contribution in [2.24, 2.45) is 16.8 Å². The molecule has 160 valence electrons. The Morgan fingerprint density at radius 2 is 1.90 bits per heavy atom. The molecule has 5 N–H and O–H groups in total. The highest BCUT2D eigenvalue weighted by atomic mass is 32.2. The number of rotatable bonds is 6. The molecule has 0 spiro atoms. The van der Waals surface area contributed by atoms with Crippen LogP contribution in [0.1, 0.15) is 16.7 Å². The van der Waals surface area contributed by atoms with E-state index in [0.29, 0.717) is 5.69 Å². The minimum Gasteiger partial charge on any atom is -0.494 e. The van der Waals surface area contributed by atoms with Crippen LogP contribution in [0.4, 0.5) is 17.1 Å². The molecule has 0 bridgehead atoms. The van der Waals surface area contributed by atoms with Gasteiger partial charge in [0.05, 0.1) is 35.2 Å². The summed E-state index contributed by atoms with van der Waals surface area (Å²) in [6.07, 6.45) is 0. The molecule has 0 aliphatic rings. The van der Waals surface area contributed by atoms with Crippen LogP contribution < -0.4 is 26.7 Å². The lowest BCUT2D eigenvalue weighted by molar-refractivity contribution is -0.384. The van der Waals surface area contributed by atoms with Gasteiger partial charge in [0, 0.05) is 6.07 Å². The number of nitrogens with zero attached hydrogens (tertiary/aromatic N) is 3. The number of nitro benzene ring substituents is 1. The van der Waals surface area contributed by atoms with Crippen molar-refractivity contribution in [2.45, 2.75) is 20.8 Å². The zero-order valence-corrected chi connectivity index (χ0v) is 17.9. The molecule has 0 saturated carbocycles. The average molecular weight is 433 g/mol. The number of nitrogens with two attached hydrogens (primary N) is 2. The number of hydrazine groups is 1. The second-order valence-electron chi connectivity index (χ2n) is 6.51. The maximum Gasteiger partial charge on any atom is 0.273 e. The summed E-state index contributed by atoms with van der Waals surface area (Å²) in [7, 11) is 1.36. The second kappa shape index (κ2) is 9.94. The lowest BCUT2D eigenvalue weighted by atomic mass is 10.1. The molecule has 2 aromatic rings. The number of thioether (sulfide) groups is 1. The van der Waals surface area contributed by atoms with Gasteiger partial charge in [-0.3, -0.25) is 19.9 Å². The summed E-state index contributed by atoms with van der Waals surface area (Å²) in [6.45, 7) is 5.86. The van der Waals surface area contributed by atoms with Gasteiger partial charge in [-0.15, -0.1) is 0 Å². The Morgan fingerprint density at radius 1 is 1.27 bits per heavy atom. The number of amides is 1. The number of ether oxygens (including phenoxy) is 1. The van der Waals surface area contributed by atoms with Gasteiger partial charge in [0.15, 0.2) is 0 Å². The number of benzene rings is 2. The Bertz CT molecular complexity index is 972. The first-order chi connectivity index (χ1) is 14.2. The van der Waals surface area contributed by atoms with E-state index in [1.54, 1.807) is 0 Å². The van der Waals surface area contributed by atoms with Crippen molar-refractivity contribution >= 4 is 39.9 Å². The normalized spacial score (nSPS) is 11.2. The molecule has 0 radical (unpaired) electrons. The van der Waals surface area contributed by atoms with Gasteiger partial charge in [-0.1, -0.05) is 29.5 Å². The molecule has 1 amide bonds. The third-order valence-corrected chi connectivity index (χ3v) is 5.16. The van der Waals surface area contributed by atoms with Gasteiger partial charge in [-0.2, -0.15) is 5.10 Å². The Balaban J connectivity index is 2.09. The predicted octanol–water partition coefficient (Wildman–Crippen LogP) is 2.81. The van der Waals surface area contributed by atoms with Gasteiger partial charge in [-0.25, -0.2) is 5.84 Å². The minimum absolute atomic E-state index is 0.0339. The average Bonchev–Trinajstić information content (AvgIpc) is 2.67. The number of amidine groups is 1. The number of hydrogen-bond donors (Lipinski definition) is 3. The van der Waals surface area contributed by atoms with Crippen LogP contribution in [0.3, 0.4) is 0 Å². The van der Waals surface area contributed by atoms with Crippen LogP contribution in [0.5, 0.6) is 5.75 Å². The number of carbonyl (C=O) groups is 1. The molecule has 0 atom stereocenters. The summed E-state index contributed by atoms with van der Waals surface area (Å²) in [5.41, 5.74) is 3.95. The smallest absolute Gasteiger partial charge is 0.273 e. The van der Waals surface area contributed by atoms with Gasteiger partial charge >= 0.3 is 0 Å². The molecule has 0 heterocycles. The van der Waals surface area contributed by atoms with Gasteiger partial charge < -0.3 is 15.9 Å². The molecule has 0 aliphatic carbocycles. The number of non-ortho nitro benzene ring substituents is 1. The zero-order valence-electron chi connectivity index (χ0n) is 17.1. The summed E-state index contributed by atoms with van der Waals surface area (Å²) < 4.78 is 5.12. The van der Waals surface area contributed by atoms with Crippen LogP contribution >= 0.6 is 11.8 Å². The van der Waals surface area contributed by atoms with E-state index in [-0.39, 0.29) is 28.3 Å². The number of methoxy groups -OCH3 is 1. The third-order valence-electron chi connectivity index (χ3n) is 4.20. The zero-order chi connectivity index (χ0) is 22.4. The maximum atomic E-state index is 12.4. The highest BCUT2D eigenvalue weighted by Crippen LogP contribution is 2.30. The number of anilines is 2. The van der Waals surface area contributed by atoms with Crippen molar-refractivity contribution in [3.8, 4) is 5.75 Å². The Labute approximate surface area is 178 Å². The van der Waals surface area contributed by atoms with E-state index >= 15 is 0 Å². The molecule has 2 rings (SSSR count). The van der Waals surface area contributed by atoms with Crippen molar-refractivity contribution in [3.63, 3.8) is 0 Å². The van der Waals surface area contributed by atoms with Gasteiger partial charge in [0.1, 0.15) is 5.75 Å². The van der Waals surface area contributed by atoms with E-state index < -0.39 is 4.92 Å². The van der Waals surface area contributed by atoms with Crippen LogP contribution in [0.2, 0.25) is 0 Å². The van der Waals surface area contributed by atoms with Crippen LogP contribution in [0, 0.1) is 30.9 Å². The van der Waals surface area contributed by atoms with Crippen molar-refractivity contribution in [3.05, 3.63) is 57.1 Å². The highest BCUT2D eigenvalue weighted by molar-refractivity contribution is 8.14. The van der Waals surface area contributed by atoms with Gasteiger partial charge in [0.2, 0.25) is 11.1 Å². The van der Waals surface area contributed by atoms with Gasteiger partial charge in [-0.05, 0) is 38.0 Å². The van der Waals surface area contributed by atoms with E-state index in [2.05, 4.69) is 10.4 Å². The first-order valence-electron chi connectivity index (χ1n) is 8.83. The highest BCUT2D eigenvalue weighted by Gasteiger charge is 2.18. The molecule has 0 fully saturated rings. The van der Waals surface area contributed by atoms with Crippen LogP contribution in [0.15, 0.2) is 35.4 Å². The van der Waals surface area contributed by atoms with Crippen molar-refractivity contribution in [1.82, 2.24) is 0 Å². The monoisotopic (exact) mass is 432 g/mol. The summed E-state index contributed by atoms with van der Waals surface area (Å²) in [4.78, 5) is 22.7. The lowest BCUT2D eigenvalue weighted by Crippen LogP contribution is -2.38. The first-order valence-corrected chi connectivity index (χ1v) is 9.82. The summed E-state index contributed by atoms with van der Waals surface area (Å²) >= 11 is 1.06. The lowest BCUT2D eigenvalue weighted by Gasteiger charge is -2.23. The number of nitro groups is 1. The van der Waals surface area contributed by atoms with Crippen molar-refractivity contribution in [2.75, 3.05) is 23.2 Å². The molecule has 0 aliphatic heterocycles. The molecular formula is C19H24N6O4S. The Kier molecular flexibility index (Phi) is 7.61. The largest absolute Gasteiger partial charge is 0.494 e. The Hall–Kier alpha value is -3.31. The number of hydrogen-bond acceptors (Lipinski definition) is 8. The summed E-state index contributed by atoms with van der Waals surface area (Å²) in [5, 5.41) is 18.9. The fourth-order valence-electron chi connectivity index (χ4n) is 3.03. The minimum atomic E-state index is -0.543. The van der Waals surface area contributed by atoms with Crippen LogP contribution in [-0.4, -0.2) is 28.9 Å². The molecular weight excluding hydrogens is 408 g/mol. The van der Waals surface area contributed by atoms with E-state index in [0.717, 1.165) is 34.1 Å². The maximum absolute atomic E-state index is 12.4. The molecule has 2 aromatic carbocycles. The fourth-order valence-corrected chi connectivity index (χ4v) is 3.67. The molecule has 30 heavy (non-hydrogen) atoms. The molecule has 10 nitrogen and oxygen atoms in total. The summed E-state index contributed by atoms with van der Waals surface area (Å²) in [5.74, 6) is 11.5. The van der Waals surface area contributed by atoms with E-state index in [9.17, 15) is 14.9 Å². The molecule has 11 heteroatoms. The molecule has 0 unspecified atom stereocenters. The number of carbonyl (C=O) groups excluding carboxylic acids is 1. The van der Waals surface area contributed by atoms with Crippen LogP contribution in [0.25, 0.3) is 0 Å². The van der Waals surface area contributed by atoms with E-state index in [1.807, 2.05) is 32.9 Å². The third kappa shape index (κ3) is 5.39. The standard InChI is InChI=1S/C19H24N6O4S/c1-11-7-12(2)18(13(3)8-11)24(21)19(23-20)30-10-17(26)22-15-6-5-14(25(27)28)9-16(15)29-4/h5-9H,10,20-21H2,1-4H3,(H,22,26)/b23-19+. The number of hydrazone groups is 1. The van der Waals surface area contributed by atoms with E-state index in [4.69, 9.17) is 16.4 Å².